The summed E-state index contributed by atoms with van der Waals surface area (Å²) in [6, 6.07) is 5.00. The van der Waals surface area contributed by atoms with Gasteiger partial charge in [-0.15, -0.1) is 0 Å². The number of hydrogen-bond acceptors (Lipinski definition) is 3. The molecule has 2 aliphatic rings. The molecule has 1 aliphatic heterocycles. The first-order valence-corrected chi connectivity index (χ1v) is 9.39. The van der Waals surface area contributed by atoms with Crippen molar-refractivity contribution >= 4 is 21.9 Å². The highest BCUT2D eigenvalue weighted by Crippen LogP contribution is 2.40. The van der Waals surface area contributed by atoms with Gasteiger partial charge in [0.2, 0.25) is 0 Å². The molecular formula is C20H22F2N4. The molecule has 2 aromatic heterocycles. The second kappa shape index (κ2) is 5.98. The van der Waals surface area contributed by atoms with Crippen molar-refractivity contribution in [2.45, 2.75) is 43.8 Å². The molecule has 0 amide bonds. The Balaban J connectivity index is 1.78. The molecule has 26 heavy (non-hydrogen) atoms. The van der Waals surface area contributed by atoms with E-state index in [0.717, 1.165) is 53.7 Å². The van der Waals surface area contributed by atoms with Crippen LogP contribution in [0.4, 0.5) is 8.78 Å². The number of imidazole rings is 1. The van der Waals surface area contributed by atoms with E-state index in [-0.39, 0.29) is 17.8 Å². The fourth-order valence-corrected chi connectivity index (χ4v) is 4.71. The summed E-state index contributed by atoms with van der Waals surface area (Å²) in [4.78, 5) is 11.6. The predicted molar refractivity (Wildman–Crippen MR) is 97.6 cm³/mol. The first-order valence-electron chi connectivity index (χ1n) is 9.39. The second-order valence-corrected chi connectivity index (χ2v) is 7.81. The number of aromatic nitrogens is 3. The van der Waals surface area contributed by atoms with Gasteiger partial charge in [0.25, 0.3) is 0 Å². The van der Waals surface area contributed by atoms with Crippen LogP contribution < -0.4 is 0 Å². The van der Waals surface area contributed by atoms with Crippen LogP contribution in [0.2, 0.25) is 0 Å². The molecule has 3 heterocycles. The first kappa shape index (κ1) is 16.1. The Hall–Kier alpha value is -2.08. The van der Waals surface area contributed by atoms with Crippen molar-refractivity contribution in [3.8, 4) is 0 Å². The fraction of sp³-hybridized carbons (Fsp3) is 0.500. The summed E-state index contributed by atoms with van der Waals surface area (Å²) >= 11 is 0. The molecule has 0 radical (unpaired) electrons. The molecule has 5 rings (SSSR count). The van der Waals surface area contributed by atoms with Gasteiger partial charge in [0, 0.05) is 23.9 Å². The van der Waals surface area contributed by atoms with Crippen molar-refractivity contribution in [1.82, 2.24) is 19.4 Å². The lowest BCUT2D eigenvalue weighted by Gasteiger charge is -2.20. The Morgan fingerprint density at radius 1 is 1.15 bits per heavy atom. The van der Waals surface area contributed by atoms with Gasteiger partial charge in [-0.25, -0.2) is 13.8 Å². The normalized spacial score (nSPS) is 27.1. The van der Waals surface area contributed by atoms with Crippen LogP contribution in [0.3, 0.4) is 0 Å². The number of nitrogens with zero attached hydrogens (tertiary/aromatic N) is 4. The number of likely N-dealkylation sites (N-methyl/N-ethyl adjacent to an activating group) is 1. The summed E-state index contributed by atoms with van der Waals surface area (Å²) in [6.07, 6.45) is 4.02. The molecule has 0 N–H and O–H groups in total. The quantitative estimate of drug-likeness (QED) is 0.690. The van der Waals surface area contributed by atoms with Crippen LogP contribution in [0, 0.1) is 5.82 Å². The molecule has 3 atom stereocenters. The molecule has 4 nitrogen and oxygen atoms in total. The van der Waals surface area contributed by atoms with Crippen LogP contribution in [0.5, 0.6) is 0 Å². The highest BCUT2D eigenvalue weighted by atomic mass is 19.1. The van der Waals surface area contributed by atoms with Gasteiger partial charge in [0.1, 0.15) is 23.3 Å². The van der Waals surface area contributed by atoms with Crippen molar-refractivity contribution in [3.63, 3.8) is 0 Å². The summed E-state index contributed by atoms with van der Waals surface area (Å²) < 4.78 is 30.1. The largest absolute Gasteiger partial charge is 0.323 e. The van der Waals surface area contributed by atoms with E-state index >= 15 is 0 Å². The number of hydrogen-bond donors (Lipinski definition) is 0. The van der Waals surface area contributed by atoms with Gasteiger partial charge in [0.15, 0.2) is 0 Å². The van der Waals surface area contributed by atoms with E-state index < -0.39 is 6.17 Å². The lowest BCUT2D eigenvalue weighted by atomic mass is 10.1. The third-order valence-corrected chi connectivity index (χ3v) is 5.97. The van der Waals surface area contributed by atoms with E-state index in [1.54, 1.807) is 18.3 Å². The van der Waals surface area contributed by atoms with E-state index in [1.165, 1.54) is 6.07 Å². The van der Waals surface area contributed by atoms with Gasteiger partial charge in [-0.2, -0.15) is 0 Å². The molecule has 3 aromatic rings. The van der Waals surface area contributed by atoms with Crippen LogP contribution in [-0.4, -0.2) is 45.7 Å². The maximum absolute atomic E-state index is 14.0. The van der Waals surface area contributed by atoms with E-state index in [1.807, 2.05) is 0 Å². The van der Waals surface area contributed by atoms with Gasteiger partial charge >= 0.3 is 0 Å². The molecular weight excluding hydrogens is 334 g/mol. The first-order chi connectivity index (χ1) is 12.6. The number of pyridine rings is 1. The number of likely N-dealkylation sites (tertiary alicyclic amines) is 1. The second-order valence-electron chi connectivity index (χ2n) is 7.81. The predicted octanol–water partition coefficient (Wildman–Crippen LogP) is 4.21. The Morgan fingerprint density at radius 2 is 2.04 bits per heavy atom. The number of fused-ring (bicyclic) bond motifs is 3. The van der Waals surface area contributed by atoms with Crippen LogP contribution in [0.15, 0.2) is 24.4 Å². The van der Waals surface area contributed by atoms with Gasteiger partial charge < -0.3 is 9.47 Å². The van der Waals surface area contributed by atoms with Crippen molar-refractivity contribution in [1.29, 1.82) is 0 Å². The lowest BCUT2D eigenvalue weighted by molar-refractivity contribution is 0.336. The molecule has 136 valence electrons. The van der Waals surface area contributed by atoms with E-state index in [2.05, 4.69) is 21.5 Å². The monoisotopic (exact) mass is 356 g/mol. The third-order valence-electron chi connectivity index (χ3n) is 5.97. The highest BCUT2D eigenvalue weighted by molar-refractivity contribution is 6.02. The standard InChI is InChI=1S/C20H22F2N4/c1-25-7-6-15(11-25)26-19-16-9-14(22)4-5-17(16)23-10-18(19)24-20(26)12-2-3-13(21)8-12/h4-5,9-10,12-13,15H,2-3,6-8,11H2,1H3/t12-,13+,15+/m0/s1. The summed E-state index contributed by atoms with van der Waals surface area (Å²) in [5.74, 6) is 0.820. The van der Waals surface area contributed by atoms with Crippen molar-refractivity contribution < 1.29 is 8.78 Å². The number of benzene rings is 1. The highest BCUT2D eigenvalue weighted by Gasteiger charge is 2.33. The summed E-state index contributed by atoms with van der Waals surface area (Å²) in [6.45, 7) is 1.96. The van der Waals surface area contributed by atoms with Crippen LogP contribution in [0.25, 0.3) is 21.9 Å². The zero-order chi connectivity index (χ0) is 17.8. The van der Waals surface area contributed by atoms with Crippen LogP contribution >= 0.6 is 0 Å². The molecule has 6 heteroatoms. The van der Waals surface area contributed by atoms with Gasteiger partial charge in [-0.3, -0.25) is 4.98 Å². The smallest absolute Gasteiger partial charge is 0.124 e. The van der Waals surface area contributed by atoms with Gasteiger partial charge in [-0.1, -0.05) is 0 Å². The van der Waals surface area contributed by atoms with Crippen LogP contribution in [0.1, 0.15) is 43.5 Å². The molecule has 1 aromatic carbocycles. The molecule has 2 fully saturated rings. The summed E-state index contributed by atoms with van der Waals surface area (Å²) in [7, 11) is 2.12. The Morgan fingerprint density at radius 3 is 2.77 bits per heavy atom. The van der Waals surface area contributed by atoms with Crippen LogP contribution in [-0.2, 0) is 0 Å². The van der Waals surface area contributed by atoms with Crippen molar-refractivity contribution in [2.75, 3.05) is 20.1 Å². The zero-order valence-corrected chi connectivity index (χ0v) is 14.8. The Bertz CT molecular complexity index is 983. The Labute approximate surface area is 150 Å². The summed E-state index contributed by atoms with van der Waals surface area (Å²) in [5.41, 5.74) is 2.51. The molecule has 0 bridgehead atoms. The molecule has 0 unspecified atom stereocenters. The van der Waals surface area contributed by atoms with Gasteiger partial charge in [0.05, 0.1) is 17.2 Å². The maximum atomic E-state index is 14.0. The number of rotatable bonds is 2. The minimum Gasteiger partial charge on any atom is -0.323 e. The van der Waals surface area contributed by atoms with E-state index in [9.17, 15) is 8.78 Å². The minimum atomic E-state index is -0.744. The minimum absolute atomic E-state index is 0.131. The molecule has 0 spiro atoms. The van der Waals surface area contributed by atoms with Gasteiger partial charge in [-0.05, 0) is 57.5 Å². The summed E-state index contributed by atoms with van der Waals surface area (Å²) in [5, 5.41) is 0.797. The average molecular weight is 356 g/mol. The number of alkyl halides is 1. The third kappa shape index (κ3) is 2.50. The van der Waals surface area contributed by atoms with E-state index in [0.29, 0.717) is 12.8 Å². The zero-order valence-electron chi connectivity index (χ0n) is 14.8. The molecule has 1 saturated heterocycles. The van der Waals surface area contributed by atoms with Crippen molar-refractivity contribution in [3.05, 3.63) is 36.0 Å². The van der Waals surface area contributed by atoms with E-state index in [4.69, 9.17) is 4.98 Å². The topological polar surface area (TPSA) is 34.0 Å². The lowest BCUT2D eigenvalue weighted by Crippen LogP contribution is -2.19. The molecule has 1 saturated carbocycles. The fourth-order valence-electron chi connectivity index (χ4n) is 4.71. The molecule has 1 aliphatic carbocycles. The Kier molecular flexibility index (Phi) is 3.71. The number of halogens is 2. The average Bonchev–Trinajstić information content (AvgIpc) is 3.32. The SMILES string of the molecule is CN1CC[C@@H](n2c([C@H]3CC[C@@H](F)C3)nc3cnc4ccc(F)cc4c32)C1. The maximum Gasteiger partial charge on any atom is 0.124 e. The van der Waals surface area contributed by atoms with Crippen molar-refractivity contribution in [2.24, 2.45) is 0 Å².